The Morgan fingerprint density at radius 1 is 1.29 bits per heavy atom. The zero-order chi connectivity index (χ0) is 9.80. The van der Waals surface area contributed by atoms with Gasteiger partial charge in [0.25, 0.3) is 0 Å². The Hall–Kier alpha value is -1.20. The van der Waals surface area contributed by atoms with Gasteiger partial charge in [-0.2, -0.15) is 0 Å². The van der Waals surface area contributed by atoms with Gasteiger partial charge >= 0.3 is 0 Å². The van der Waals surface area contributed by atoms with Crippen LogP contribution in [0.2, 0.25) is 0 Å². The summed E-state index contributed by atoms with van der Waals surface area (Å²) in [5.41, 5.74) is 3.54. The molecule has 0 atom stereocenters. The van der Waals surface area contributed by atoms with E-state index in [4.69, 9.17) is 10.6 Å². The SMILES string of the molecule is NNc1nccnc1C1CCOCC1. The van der Waals surface area contributed by atoms with E-state index < -0.39 is 0 Å². The Kier molecular flexibility index (Phi) is 2.90. The molecule has 0 radical (unpaired) electrons. The normalized spacial score (nSPS) is 18.1. The van der Waals surface area contributed by atoms with Crippen molar-refractivity contribution in [2.45, 2.75) is 18.8 Å². The standard InChI is InChI=1S/C9H14N4O/c10-13-9-8(11-3-4-12-9)7-1-5-14-6-2-7/h3-4,7H,1-2,5-6,10H2,(H,12,13). The molecular weight excluding hydrogens is 180 g/mol. The van der Waals surface area contributed by atoms with Crippen molar-refractivity contribution < 1.29 is 4.74 Å². The van der Waals surface area contributed by atoms with Crippen molar-refractivity contribution in [3.05, 3.63) is 18.1 Å². The minimum atomic E-state index is 0.420. The quantitative estimate of drug-likeness (QED) is 0.534. The maximum Gasteiger partial charge on any atom is 0.162 e. The predicted octanol–water partition coefficient (Wildman–Crippen LogP) is 0.656. The fourth-order valence-electron chi connectivity index (χ4n) is 1.73. The van der Waals surface area contributed by atoms with Crippen LogP contribution in [0.3, 0.4) is 0 Å². The molecule has 1 aliphatic rings. The Balaban J connectivity index is 2.20. The Morgan fingerprint density at radius 3 is 2.71 bits per heavy atom. The van der Waals surface area contributed by atoms with Crippen LogP contribution in [0.1, 0.15) is 24.5 Å². The van der Waals surface area contributed by atoms with Crippen molar-refractivity contribution in [3.8, 4) is 0 Å². The molecule has 14 heavy (non-hydrogen) atoms. The molecule has 1 fully saturated rings. The van der Waals surface area contributed by atoms with E-state index in [9.17, 15) is 0 Å². The molecule has 0 unspecified atom stereocenters. The zero-order valence-corrected chi connectivity index (χ0v) is 7.94. The van der Waals surface area contributed by atoms with Crippen molar-refractivity contribution in [2.24, 2.45) is 5.84 Å². The average Bonchev–Trinajstić information content (AvgIpc) is 2.30. The molecule has 0 amide bonds. The number of hydrogen-bond acceptors (Lipinski definition) is 5. The van der Waals surface area contributed by atoms with E-state index >= 15 is 0 Å². The van der Waals surface area contributed by atoms with Gasteiger partial charge < -0.3 is 10.2 Å². The molecule has 5 nitrogen and oxygen atoms in total. The van der Waals surface area contributed by atoms with Crippen molar-refractivity contribution >= 4 is 5.82 Å². The zero-order valence-electron chi connectivity index (χ0n) is 7.94. The lowest BCUT2D eigenvalue weighted by Gasteiger charge is -2.22. The van der Waals surface area contributed by atoms with Crippen molar-refractivity contribution in [2.75, 3.05) is 18.6 Å². The smallest absolute Gasteiger partial charge is 0.162 e. The van der Waals surface area contributed by atoms with Gasteiger partial charge in [0.05, 0.1) is 5.69 Å². The van der Waals surface area contributed by atoms with E-state index in [2.05, 4.69) is 15.4 Å². The van der Waals surface area contributed by atoms with Crippen LogP contribution >= 0.6 is 0 Å². The number of nitrogen functional groups attached to an aromatic ring is 1. The van der Waals surface area contributed by atoms with Gasteiger partial charge in [-0.15, -0.1) is 0 Å². The van der Waals surface area contributed by atoms with Gasteiger partial charge in [0, 0.05) is 31.5 Å². The predicted molar refractivity (Wildman–Crippen MR) is 52.6 cm³/mol. The largest absolute Gasteiger partial charge is 0.381 e. The van der Waals surface area contributed by atoms with E-state index in [0.29, 0.717) is 11.7 Å². The number of nitrogens with zero attached hydrogens (tertiary/aromatic N) is 2. The molecule has 1 aliphatic heterocycles. The number of anilines is 1. The molecule has 1 aromatic rings. The third kappa shape index (κ3) is 1.83. The highest BCUT2D eigenvalue weighted by Crippen LogP contribution is 2.28. The van der Waals surface area contributed by atoms with Gasteiger partial charge in [-0.05, 0) is 12.8 Å². The molecule has 2 heterocycles. The van der Waals surface area contributed by atoms with Gasteiger partial charge in [0.15, 0.2) is 5.82 Å². The second kappa shape index (κ2) is 4.34. The van der Waals surface area contributed by atoms with Crippen LogP contribution in [0.15, 0.2) is 12.4 Å². The van der Waals surface area contributed by atoms with Gasteiger partial charge in [-0.25, -0.2) is 10.8 Å². The van der Waals surface area contributed by atoms with Crippen LogP contribution in [0, 0.1) is 0 Å². The summed E-state index contributed by atoms with van der Waals surface area (Å²) >= 11 is 0. The first kappa shape index (κ1) is 9.36. The van der Waals surface area contributed by atoms with Gasteiger partial charge in [-0.3, -0.25) is 4.98 Å². The first-order valence-corrected chi connectivity index (χ1v) is 4.77. The van der Waals surface area contributed by atoms with Crippen LogP contribution in [0.4, 0.5) is 5.82 Å². The molecule has 2 rings (SSSR count). The summed E-state index contributed by atoms with van der Waals surface area (Å²) in [5.74, 6) is 6.47. The first-order valence-electron chi connectivity index (χ1n) is 4.77. The van der Waals surface area contributed by atoms with Crippen LogP contribution in [-0.2, 0) is 4.74 Å². The van der Waals surface area contributed by atoms with E-state index in [1.807, 2.05) is 0 Å². The number of hydrogen-bond donors (Lipinski definition) is 2. The fraction of sp³-hybridized carbons (Fsp3) is 0.556. The first-order chi connectivity index (χ1) is 6.92. The molecule has 1 saturated heterocycles. The Bertz CT molecular complexity index is 299. The van der Waals surface area contributed by atoms with Crippen molar-refractivity contribution in [1.82, 2.24) is 9.97 Å². The van der Waals surface area contributed by atoms with Gasteiger partial charge in [0.1, 0.15) is 0 Å². The second-order valence-electron chi connectivity index (χ2n) is 3.32. The second-order valence-corrected chi connectivity index (χ2v) is 3.32. The summed E-state index contributed by atoms with van der Waals surface area (Å²) in [6.07, 6.45) is 5.32. The summed E-state index contributed by atoms with van der Waals surface area (Å²) in [5, 5.41) is 0. The maximum atomic E-state index is 5.37. The Morgan fingerprint density at radius 2 is 2.00 bits per heavy atom. The van der Waals surface area contributed by atoms with Crippen LogP contribution in [-0.4, -0.2) is 23.2 Å². The molecule has 0 saturated carbocycles. The van der Waals surface area contributed by atoms with E-state index in [1.54, 1.807) is 12.4 Å². The Labute approximate surface area is 82.7 Å². The summed E-state index contributed by atoms with van der Waals surface area (Å²) in [4.78, 5) is 8.45. The molecule has 1 aromatic heterocycles. The van der Waals surface area contributed by atoms with E-state index in [0.717, 1.165) is 31.7 Å². The average molecular weight is 194 g/mol. The fourth-order valence-corrected chi connectivity index (χ4v) is 1.73. The number of rotatable bonds is 2. The topological polar surface area (TPSA) is 73.1 Å². The van der Waals surface area contributed by atoms with Crippen LogP contribution in [0.5, 0.6) is 0 Å². The maximum absolute atomic E-state index is 5.37. The highest BCUT2D eigenvalue weighted by Gasteiger charge is 2.20. The molecular formula is C9H14N4O. The third-order valence-corrected chi connectivity index (χ3v) is 2.47. The molecule has 3 N–H and O–H groups in total. The number of ether oxygens (including phenoxy) is 1. The van der Waals surface area contributed by atoms with Gasteiger partial charge in [-0.1, -0.05) is 0 Å². The summed E-state index contributed by atoms with van der Waals surface area (Å²) in [6.45, 7) is 1.59. The van der Waals surface area contributed by atoms with Crippen LogP contribution < -0.4 is 11.3 Å². The minimum absolute atomic E-state index is 0.420. The lowest BCUT2D eigenvalue weighted by molar-refractivity contribution is 0.0846. The molecule has 5 heteroatoms. The highest BCUT2D eigenvalue weighted by atomic mass is 16.5. The highest BCUT2D eigenvalue weighted by molar-refractivity contribution is 5.40. The number of hydrazine groups is 1. The molecule has 0 aromatic carbocycles. The van der Waals surface area contributed by atoms with Crippen molar-refractivity contribution in [3.63, 3.8) is 0 Å². The minimum Gasteiger partial charge on any atom is -0.381 e. The molecule has 0 aliphatic carbocycles. The molecule has 0 spiro atoms. The number of aromatic nitrogens is 2. The number of nitrogens with two attached hydrogens (primary N) is 1. The lowest BCUT2D eigenvalue weighted by Crippen LogP contribution is -2.19. The summed E-state index contributed by atoms with van der Waals surface area (Å²) < 4.78 is 5.29. The molecule has 0 bridgehead atoms. The summed E-state index contributed by atoms with van der Waals surface area (Å²) in [7, 11) is 0. The monoisotopic (exact) mass is 194 g/mol. The van der Waals surface area contributed by atoms with E-state index in [1.165, 1.54) is 0 Å². The van der Waals surface area contributed by atoms with Crippen molar-refractivity contribution in [1.29, 1.82) is 0 Å². The van der Waals surface area contributed by atoms with Gasteiger partial charge in [0.2, 0.25) is 0 Å². The lowest BCUT2D eigenvalue weighted by atomic mass is 9.96. The molecule has 76 valence electrons. The third-order valence-electron chi connectivity index (χ3n) is 2.47. The number of nitrogens with one attached hydrogen (secondary N) is 1. The van der Waals surface area contributed by atoms with Crippen LogP contribution in [0.25, 0.3) is 0 Å². The summed E-state index contributed by atoms with van der Waals surface area (Å²) in [6, 6.07) is 0. The van der Waals surface area contributed by atoms with E-state index in [-0.39, 0.29) is 0 Å².